The number of hydrogen-bond donors (Lipinski definition) is 2. The Morgan fingerprint density at radius 3 is 2.67 bits per heavy atom. The first-order valence-electron chi connectivity index (χ1n) is 9.38. The first-order valence-corrected chi connectivity index (χ1v) is 9.38. The van der Waals surface area contributed by atoms with Crippen molar-refractivity contribution in [1.29, 1.82) is 0 Å². The van der Waals surface area contributed by atoms with Crippen LogP contribution in [0.1, 0.15) is 37.1 Å². The number of urea groups is 1. The van der Waals surface area contributed by atoms with Gasteiger partial charge in [-0.05, 0) is 44.9 Å². The molecule has 4 rings (SSSR count). The average Bonchev–Trinajstić information content (AvgIpc) is 3.31. The zero-order valence-corrected chi connectivity index (χ0v) is 15.7. The third-order valence-corrected chi connectivity index (χ3v) is 5.06. The minimum atomic E-state index is -0.280. The molecule has 1 aromatic carbocycles. The molecule has 2 amide bonds. The van der Waals surface area contributed by atoms with Gasteiger partial charge >= 0.3 is 6.03 Å². The van der Waals surface area contributed by atoms with Gasteiger partial charge in [0.05, 0.1) is 17.9 Å². The summed E-state index contributed by atoms with van der Waals surface area (Å²) < 4.78 is 5.92. The fourth-order valence-electron chi connectivity index (χ4n) is 3.63. The van der Waals surface area contributed by atoms with Crippen molar-refractivity contribution in [2.75, 3.05) is 23.3 Å². The molecule has 0 unspecified atom stereocenters. The molecule has 6 nitrogen and oxygen atoms in total. The molecule has 2 aromatic heterocycles. The van der Waals surface area contributed by atoms with Crippen LogP contribution in [0.25, 0.3) is 11.0 Å². The Hall–Kier alpha value is -3.02. The molecule has 0 saturated carbocycles. The quantitative estimate of drug-likeness (QED) is 0.709. The van der Waals surface area contributed by atoms with Crippen LogP contribution >= 0.6 is 0 Å². The SMILES string of the molecule is Cc1c([C@H](C)NC(=O)Nc2ccc(N3CCCC3)nc2)oc2ccccc12. The Bertz CT molecular complexity index is 942. The molecule has 3 heterocycles. The number of nitrogens with zero attached hydrogens (tertiary/aromatic N) is 2. The van der Waals surface area contributed by atoms with Crippen molar-refractivity contribution < 1.29 is 9.21 Å². The number of furan rings is 1. The number of para-hydroxylation sites is 1. The summed E-state index contributed by atoms with van der Waals surface area (Å²) in [5, 5.41) is 6.85. The highest BCUT2D eigenvalue weighted by Crippen LogP contribution is 2.29. The first kappa shape index (κ1) is 17.4. The zero-order chi connectivity index (χ0) is 18.8. The minimum Gasteiger partial charge on any atom is -0.459 e. The van der Waals surface area contributed by atoms with Gasteiger partial charge in [-0.1, -0.05) is 18.2 Å². The number of nitrogens with one attached hydrogen (secondary N) is 2. The van der Waals surface area contributed by atoms with Gasteiger partial charge in [-0.3, -0.25) is 0 Å². The molecule has 1 saturated heterocycles. The van der Waals surface area contributed by atoms with Gasteiger partial charge in [0.1, 0.15) is 17.2 Å². The predicted octanol–water partition coefficient (Wildman–Crippen LogP) is 4.62. The van der Waals surface area contributed by atoms with Crippen molar-refractivity contribution in [2.45, 2.75) is 32.7 Å². The van der Waals surface area contributed by atoms with Crippen LogP contribution in [0.4, 0.5) is 16.3 Å². The van der Waals surface area contributed by atoms with E-state index in [1.165, 1.54) is 12.8 Å². The predicted molar refractivity (Wildman–Crippen MR) is 107 cm³/mol. The van der Waals surface area contributed by atoms with Crippen LogP contribution in [-0.4, -0.2) is 24.1 Å². The highest BCUT2D eigenvalue weighted by molar-refractivity contribution is 5.89. The number of amides is 2. The molecule has 0 spiro atoms. The summed E-state index contributed by atoms with van der Waals surface area (Å²) in [4.78, 5) is 19.1. The number of fused-ring (bicyclic) bond motifs is 1. The second-order valence-corrected chi connectivity index (χ2v) is 7.01. The van der Waals surface area contributed by atoms with Crippen LogP contribution < -0.4 is 15.5 Å². The van der Waals surface area contributed by atoms with Gasteiger partial charge in [0.25, 0.3) is 0 Å². The van der Waals surface area contributed by atoms with E-state index < -0.39 is 0 Å². The van der Waals surface area contributed by atoms with E-state index in [0.29, 0.717) is 5.69 Å². The highest BCUT2D eigenvalue weighted by atomic mass is 16.3. The average molecular weight is 364 g/mol. The lowest BCUT2D eigenvalue weighted by Crippen LogP contribution is -2.31. The van der Waals surface area contributed by atoms with E-state index in [9.17, 15) is 4.79 Å². The third-order valence-electron chi connectivity index (χ3n) is 5.06. The van der Waals surface area contributed by atoms with E-state index in [1.54, 1.807) is 6.20 Å². The van der Waals surface area contributed by atoms with Crippen LogP contribution in [-0.2, 0) is 0 Å². The number of pyridine rings is 1. The van der Waals surface area contributed by atoms with Crippen molar-refractivity contribution >= 4 is 28.5 Å². The maximum atomic E-state index is 12.4. The molecule has 0 bridgehead atoms. The summed E-state index contributed by atoms with van der Waals surface area (Å²) in [6.45, 7) is 6.03. The largest absolute Gasteiger partial charge is 0.459 e. The van der Waals surface area contributed by atoms with Crippen molar-refractivity contribution in [3.63, 3.8) is 0 Å². The van der Waals surface area contributed by atoms with Crippen molar-refractivity contribution in [3.8, 4) is 0 Å². The van der Waals surface area contributed by atoms with Crippen LogP contribution in [0.2, 0.25) is 0 Å². The van der Waals surface area contributed by atoms with E-state index in [0.717, 1.165) is 41.2 Å². The van der Waals surface area contributed by atoms with Gasteiger partial charge in [-0.25, -0.2) is 9.78 Å². The van der Waals surface area contributed by atoms with Crippen LogP contribution in [0.3, 0.4) is 0 Å². The molecule has 1 aliphatic heterocycles. The van der Waals surface area contributed by atoms with E-state index in [1.807, 2.05) is 50.2 Å². The number of carbonyl (C=O) groups excluding carboxylic acids is 1. The van der Waals surface area contributed by atoms with Crippen LogP contribution in [0, 0.1) is 6.92 Å². The van der Waals surface area contributed by atoms with Crippen molar-refractivity contribution in [2.24, 2.45) is 0 Å². The minimum absolute atomic E-state index is 0.241. The first-order chi connectivity index (χ1) is 13.1. The lowest BCUT2D eigenvalue weighted by atomic mass is 10.1. The second kappa shape index (κ2) is 7.31. The number of hydrogen-bond acceptors (Lipinski definition) is 4. The molecular weight excluding hydrogens is 340 g/mol. The molecule has 1 atom stereocenters. The number of aromatic nitrogens is 1. The lowest BCUT2D eigenvalue weighted by molar-refractivity contribution is 0.248. The fourth-order valence-corrected chi connectivity index (χ4v) is 3.63. The number of aryl methyl sites for hydroxylation is 1. The van der Waals surface area contributed by atoms with Gasteiger partial charge in [-0.2, -0.15) is 0 Å². The second-order valence-electron chi connectivity index (χ2n) is 7.01. The van der Waals surface area contributed by atoms with Gasteiger partial charge in [-0.15, -0.1) is 0 Å². The summed E-state index contributed by atoms with van der Waals surface area (Å²) in [5.74, 6) is 1.73. The summed E-state index contributed by atoms with van der Waals surface area (Å²) in [6, 6.07) is 11.2. The zero-order valence-electron chi connectivity index (χ0n) is 15.7. The van der Waals surface area contributed by atoms with E-state index in [4.69, 9.17) is 4.42 Å². The molecule has 27 heavy (non-hydrogen) atoms. The molecule has 2 N–H and O–H groups in total. The molecule has 0 radical (unpaired) electrons. The Morgan fingerprint density at radius 1 is 1.19 bits per heavy atom. The Labute approximate surface area is 158 Å². The van der Waals surface area contributed by atoms with E-state index in [-0.39, 0.29) is 12.1 Å². The molecule has 1 fully saturated rings. The van der Waals surface area contributed by atoms with Crippen molar-refractivity contribution in [3.05, 3.63) is 53.9 Å². The molecule has 6 heteroatoms. The summed E-state index contributed by atoms with van der Waals surface area (Å²) in [6.07, 6.45) is 4.12. The molecule has 3 aromatic rings. The smallest absolute Gasteiger partial charge is 0.319 e. The van der Waals surface area contributed by atoms with Gasteiger partial charge in [0, 0.05) is 24.0 Å². The number of carbonyl (C=O) groups is 1. The van der Waals surface area contributed by atoms with Crippen molar-refractivity contribution in [1.82, 2.24) is 10.3 Å². The Kier molecular flexibility index (Phi) is 4.71. The van der Waals surface area contributed by atoms with E-state index >= 15 is 0 Å². The van der Waals surface area contributed by atoms with Gasteiger partial charge in [0.15, 0.2) is 0 Å². The van der Waals surface area contributed by atoms with E-state index in [2.05, 4.69) is 20.5 Å². The molecule has 140 valence electrons. The summed E-state index contributed by atoms with van der Waals surface area (Å²) in [5.41, 5.74) is 2.56. The monoisotopic (exact) mass is 364 g/mol. The molecule has 0 aliphatic carbocycles. The number of anilines is 2. The van der Waals surface area contributed by atoms with Gasteiger partial charge in [0.2, 0.25) is 0 Å². The standard InChI is InChI=1S/C21H24N4O2/c1-14-17-7-3-4-8-18(17)27-20(14)15(2)23-21(26)24-16-9-10-19(22-13-16)25-11-5-6-12-25/h3-4,7-10,13,15H,5-6,11-12H2,1-2H3,(H2,23,24,26)/t15-/m0/s1. The third kappa shape index (κ3) is 3.60. The Balaban J connectivity index is 1.40. The maximum absolute atomic E-state index is 12.4. The van der Waals surface area contributed by atoms with Gasteiger partial charge < -0.3 is 20.0 Å². The molecule has 1 aliphatic rings. The summed E-state index contributed by atoms with van der Waals surface area (Å²) in [7, 11) is 0. The lowest BCUT2D eigenvalue weighted by Gasteiger charge is -2.17. The van der Waals surface area contributed by atoms with Crippen LogP contribution in [0.5, 0.6) is 0 Å². The summed E-state index contributed by atoms with van der Waals surface area (Å²) >= 11 is 0. The normalized spacial score (nSPS) is 15.1. The maximum Gasteiger partial charge on any atom is 0.319 e. The Morgan fingerprint density at radius 2 is 1.96 bits per heavy atom. The topological polar surface area (TPSA) is 70.4 Å². The molecular formula is C21H24N4O2. The highest BCUT2D eigenvalue weighted by Gasteiger charge is 2.18. The fraction of sp³-hybridized carbons (Fsp3) is 0.333. The number of rotatable bonds is 4. The van der Waals surface area contributed by atoms with Crippen LogP contribution in [0.15, 0.2) is 47.0 Å². The number of benzene rings is 1.